The minimum absolute atomic E-state index is 0.131. The first-order chi connectivity index (χ1) is 32.1. The molecule has 0 aliphatic carbocycles. The highest BCUT2D eigenvalue weighted by Gasteiger charge is 2.22. The smallest absolute Gasteiger partial charge is 0.221 e. The first-order valence-corrected chi connectivity index (χ1v) is 21.8. The fourth-order valence-corrected chi connectivity index (χ4v) is 9.37. The van der Waals surface area contributed by atoms with Crippen LogP contribution in [0.2, 0.25) is 0 Å². The van der Waals surface area contributed by atoms with E-state index in [0.29, 0.717) is 11.4 Å². The number of carbonyl (C=O) groups excluding carboxylic acids is 2. The maximum Gasteiger partial charge on any atom is 0.221 e. The molecule has 4 aromatic carbocycles. The third-order valence-corrected chi connectivity index (χ3v) is 12.2. The number of fused-ring (bicyclic) bond motifs is 10. The Bertz CT molecular complexity index is 3480. The van der Waals surface area contributed by atoms with Crippen molar-refractivity contribution in [2.24, 2.45) is 14.1 Å². The fourth-order valence-electron chi connectivity index (χ4n) is 9.37. The zero-order valence-electron chi connectivity index (χ0n) is 36.8. The van der Waals surface area contributed by atoms with Gasteiger partial charge in [-0.2, -0.15) is 0 Å². The van der Waals surface area contributed by atoms with Crippen LogP contribution in [0.15, 0.2) is 146 Å². The number of aromatic amines is 2. The number of nitrogens with one attached hydrogen (secondary N) is 4. The van der Waals surface area contributed by atoms with Gasteiger partial charge >= 0.3 is 0 Å². The van der Waals surface area contributed by atoms with Crippen LogP contribution in [0.5, 0.6) is 0 Å². The quantitative estimate of drug-likeness (QED) is 0.124. The molecule has 11 rings (SSSR count). The monoisotopic (exact) mass is 860 g/mol. The van der Waals surface area contributed by atoms with E-state index >= 15 is 0 Å². The molecule has 318 valence electrons. The molecule has 66 heavy (non-hydrogen) atoms. The number of anilines is 2. The number of hydrogen-bond donors (Lipinski definition) is 4. The number of hydrogen-bond acceptors (Lipinski definition) is 4. The van der Waals surface area contributed by atoms with Crippen LogP contribution < -0.4 is 19.8 Å². The summed E-state index contributed by atoms with van der Waals surface area (Å²) in [6.45, 7) is 3.02. The van der Waals surface area contributed by atoms with Gasteiger partial charge in [-0.05, 0) is 108 Å². The molecule has 8 bridgehead atoms. The number of carbonyl (C=O) groups is 2. The SMILES string of the molecule is CC(=O)Nc1ccc(-c2c3nc(c(-c4cc5ccccc5[n+](C)c4)c4ccc([nH]4)c(-c4ccc(NC(C)=O)cc4)c4nc(c(-c5cc6ccccc6[n+](C)c5)c5ccc2[nH]5)C=C4)C=C3)cc1. The van der Waals surface area contributed by atoms with Gasteiger partial charge in [0.15, 0.2) is 12.4 Å². The molecule has 2 aliphatic heterocycles. The van der Waals surface area contributed by atoms with Gasteiger partial charge in [0.1, 0.15) is 14.1 Å². The summed E-state index contributed by atoms with van der Waals surface area (Å²) in [6, 6.07) is 45.5. The summed E-state index contributed by atoms with van der Waals surface area (Å²) < 4.78 is 4.32. The van der Waals surface area contributed by atoms with Crippen molar-refractivity contribution in [2.45, 2.75) is 13.8 Å². The Morgan fingerprint density at radius 3 is 1.12 bits per heavy atom. The molecule has 0 spiro atoms. The van der Waals surface area contributed by atoms with Crippen LogP contribution in [0.3, 0.4) is 0 Å². The number of aromatic nitrogens is 6. The largest absolute Gasteiger partial charge is 0.354 e. The van der Waals surface area contributed by atoms with E-state index in [4.69, 9.17) is 9.97 Å². The first kappa shape index (κ1) is 40.0. The zero-order chi connectivity index (χ0) is 45.1. The lowest BCUT2D eigenvalue weighted by molar-refractivity contribution is -0.644. The summed E-state index contributed by atoms with van der Waals surface area (Å²) >= 11 is 0. The maximum atomic E-state index is 12.0. The van der Waals surface area contributed by atoms with Crippen molar-refractivity contribution in [3.63, 3.8) is 0 Å². The summed E-state index contributed by atoms with van der Waals surface area (Å²) in [5.74, 6) is -0.263. The van der Waals surface area contributed by atoms with Crippen molar-refractivity contribution in [1.29, 1.82) is 0 Å². The Labute approximate surface area is 380 Å². The molecule has 0 saturated heterocycles. The number of H-pyrrole nitrogens is 2. The van der Waals surface area contributed by atoms with Crippen LogP contribution in [0.25, 0.3) is 113 Å². The average Bonchev–Trinajstić information content (AvgIpc) is 4.16. The van der Waals surface area contributed by atoms with Crippen LogP contribution in [0, 0.1) is 0 Å². The van der Waals surface area contributed by atoms with Crippen molar-refractivity contribution >= 4 is 91.4 Å². The molecule has 0 atom stereocenters. The molecule has 10 heteroatoms. The van der Waals surface area contributed by atoms with Gasteiger partial charge in [0.2, 0.25) is 22.8 Å². The van der Waals surface area contributed by atoms with Gasteiger partial charge in [0.25, 0.3) is 0 Å². The van der Waals surface area contributed by atoms with Crippen LogP contribution in [0.4, 0.5) is 11.4 Å². The summed E-state index contributed by atoms with van der Waals surface area (Å²) in [6.07, 6.45) is 12.7. The van der Waals surface area contributed by atoms with Crippen molar-refractivity contribution in [1.82, 2.24) is 19.9 Å². The van der Waals surface area contributed by atoms with Gasteiger partial charge in [-0.3, -0.25) is 9.59 Å². The molecule has 0 saturated carbocycles. The standard InChI is InChI=1S/C56H42N8O2/c1-33(65)57-41-17-13-35(14-18-41)53-43-21-25-47(59-43)55(39-29-37-9-5-7-11-51(37)63(3)31-39)49-27-23-45(61-49)54(36-15-19-42(20-16-36)58-34(2)66)46-24-28-50(62-46)56(48-26-22-44(53)60-48)40-30-38-10-6-8-12-52(38)64(4)32-40/h5-32H,1-4H3,(H2-2,57,58,59,60,61,62,65,66)/p+2. The molecule has 5 aromatic heterocycles. The number of aryl methyl sites for hydroxylation is 2. The summed E-state index contributed by atoms with van der Waals surface area (Å²) in [7, 11) is 4.15. The van der Waals surface area contributed by atoms with Crippen molar-refractivity contribution in [3.8, 4) is 44.5 Å². The lowest BCUT2D eigenvalue weighted by Crippen LogP contribution is -2.28. The zero-order valence-corrected chi connectivity index (χ0v) is 36.8. The van der Waals surface area contributed by atoms with E-state index in [1.807, 2.05) is 48.5 Å². The molecular weight excluding hydrogens is 817 g/mol. The van der Waals surface area contributed by atoms with Crippen LogP contribution in [-0.2, 0) is 23.7 Å². The molecule has 7 heterocycles. The highest BCUT2D eigenvalue weighted by Crippen LogP contribution is 2.39. The summed E-state index contributed by atoms with van der Waals surface area (Å²) in [5.41, 5.74) is 17.9. The van der Waals surface area contributed by atoms with Gasteiger partial charge < -0.3 is 20.6 Å². The molecule has 4 N–H and O–H groups in total. The van der Waals surface area contributed by atoms with Gasteiger partial charge in [0, 0.05) is 92.4 Å². The van der Waals surface area contributed by atoms with E-state index < -0.39 is 0 Å². The second kappa shape index (κ2) is 16.1. The topological polar surface area (TPSA) is 123 Å². The van der Waals surface area contributed by atoms with Gasteiger partial charge in [-0.1, -0.05) is 48.5 Å². The number of para-hydroxylation sites is 2. The van der Waals surface area contributed by atoms with E-state index in [9.17, 15) is 9.59 Å². The predicted octanol–water partition coefficient (Wildman–Crippen LogP) is 11.2. The number of pyridine rings is 2. The van der Waals surface area contributed by atoms with Crippen molar-refractivity contribution in [3.05, 3.63) is 169 Å². The number of benzene rings is 4. The number of rotatable bonds is 6. The Kier molecular flexibility index (Phi) is 9.77. The second-order valence-electron chi connectivity index (χ2n) is 16.8. The minimum Gasteiger partial charge on any atom is -0.354 e. The third kappa shape index (κ3) is 7.30. The first-order valence-electron chi connectivity index (χ1n) is 21.8. The maximum absolute atomic E-state index is 12.0. The molecule has 0 unspecified atom stereocenters. The minimum atomic E-state index is -0.131. The fraction of sp³-hybridized carbons (Fsp3) is 0.0714. The Hall–Kier alpha value is -8.76. The molecule has 10 nitrogen and oxygen atoms in total. The number of nitrogens with zero attached hydrogens (tertiary/aromatic N) is 4. The van der Waals surface area contributed by atoms with Crippen molar-refractivity contribution in [2.75, 3.05) is 10.6 Å². The average molecular weight is 861 g/mol. The van der Waals surface area contributed by atoms with Gasteiger partial charge in [-0.15, -0.1) is 0 Å². The molecular formula is C56H44N8O2+2. The lowest BCUT2D eigenvalue weighted by Gasteiger charge is -2.08. The lowest BCUT2D eigenvalue weighted by atomic mass is 10.0. The van der Waals surface area contributed by atoms with Crippen LogP contribution >= 0.6 is 0 Å². The Balaban J connectivity index is 1.28. The van der Waals surface area contributed by atoms with E-state index in [0.717, 1.165) is 111 Å². The van der Waals surface area contributed by atoms with E-state index in [2.05, 4.69) is 165 Å². The molecule has 0 fully saturated rings. The molecule has 2 amide bonds. The van der Waals surface area contributed by atoms with Crippen LogP contribution in [-0.4, -0.2) is 31.8 Å². The van der Waals surface area contributed by atoms with E-state index in [-0.39, 0.29) is 11.8 Å². The normalized spacial score (nSPS) is 11.9. The molecule has 0 radical (unpaired) electrons. The highest BCUT2D eigenvalue weighted by molar-refractivity contribution is 6.01. The number of amides is 2. The van der Waals surface area contributed by atoms with Crippen LogP contribution in [0.1, 0.15) is 36.6 Å². The predicted molar refractivity (Wildman–Crippen MR) is 267 cm³/mol. The second-order valence-corrected chi connectivity index (χ2v) is 16.8. The van der Waals surface area contributed by atoms with Gasteiger partial charge in [-0.25, -0.2) is 19.1 Å². The highest BCUT2D eigenvalue weighted by atomic mass is 16.2. The third-order valence-electron chi connectivity index (χ3n) is 12.2. The summed E-state index contributed by atoms with van der Waals surface area (Å²) in [5, 5.41) is 8.03. The molecule has 9 aromatic rings. The Morgan fingerprint density at radius 2 is 0.773 bits per heavy atom. The summed E-state index contributed by atoms with van der Waals surface area (Å²) in [4.78, 5) is 42.7. The van der Waals surface area contributed by atoms with Gasteiger partial charge in [0.05, 0.1) is 33.9 Å². The molecule has 2 aliphatic rings. The van der Waals surface area contributed by atoms with E-state index in [1.165, 1.54) is 13.8 Å². The Morgan fingerprint density at radius 1 is 0.439 bits per heavy atom. The van der Waals surface area contributed by atoms with E-state index in [1.54, 1.807) is 0 Å². The van der Waals surface area contributed by atoms with Crippen molar-refractivity contribution < 1.29 is 18.7 Å².